The van der Waals surface area contributed by atoms with Gasteiger partial charge < -0.3 is 4.74 Å². The molecule has 98 valence electrons. The van der Waals surface area contributed by atoms with Crippen LogP contribution in [-0.4, -0.2) is 23.4 Å². The van der Waals surface area contributed by atoms with Crippen LogP contribution in [0.15, 0.2) is 29.4 Å². The topological polar surface area (TPSA) is 24.8 Å². The lowest BCUT2D eigenvalue weighted by molar-refractivity contribution is 0.180. The van der Waals surface area contributed by atoms with Crippen molar-refractivity contribution in [1.29, 1.82) is 0 Å². The van der Waals surface area contributed by atoms with E-state index in [1.54, 1.807) is 11.0 Å². The van der Waals surface area contributed by atoms with Crippen molar-refractivity contribution in [3.63, 3.8) is 0 Å². The van der Waals surface area contributed by atoms with Crippen LogP contribution in [0.5, 0.6) is 5.75 Å². The summed E-state index contributed by atoms with van der Waals surface area (Å²) in [7, 11) is 5.27. The summed E-state index contributed by atoms with van der Waals surface area (Å²) in [4.78, 5) is 0. The van der Waals surface area contributed by atoms with Crippen molar-refractivity contribution in [2.24, 2.45) is 5.10 Å². The van der Waals surface area contributed by atoms with Crippen LogP contribution in [-0.2, 0) is 11.8 Å². The van der Waals surface area contributed by atoms with E-state index >= 15 is 0 Å². The first-order chi connectivity index (χ1) is 8.46. The molecule has 0 amide bonds. The van der Waals surface area contributed by atoms with Crippen LogP contribution >= 0.6 is 16.7 Å². The van der Waals surface area contributed by atoms with Crippen LogP contribution in [0, 0.1) is 0 Å². The molecule has 1 aromatic carbocycles. The molecule has 0 heterocycles. The average molecular weight is 300 g/mol. The smallest absolute Gasteiger partial charge is 0.120 e. The van der Waals surface area contributed by atoms with Crippen LogP contribution in [0.25, 0.3) is 0 Å². The Bertz CT molecular complexity index is 421. The maximum atomic E-state index is 5.84. The zero-order valence-electron chi connectivity index (χ0n) is 10.8. The summed E-state index contributed by atoms with van der Waals surface area (Å²) in [5, 5.41) is 3.97. The zero-order chi connectivity index (χ0) is 13.6. The Kier molecular flexibility index (Phi) is 6.14. The highest BCUT2D eigenvalue weighted by atomic mass is 32.4. The molecule has 0 spiro atoms. The molecule has 0 aliphatic rings. The molecule has 0 aromatic heterocycles. The van der Waals surface area contributed by atoms with E-state index in [0.717, 1.165) is 17.7 Å². The SMILES string of the molecule is CCC(C)(P)Oc1ccc(/C=N/N(C)P=S)cc1. The molecule has 6 heteroatoms. The molecule has 2 unspecified atom stereocenters. The Balaban J connectivity index is 2.68. The molecule has 1 aromatic rings. The molecule has 18 heavy (non-hydrogen) atoms. The zero-order valence-corrected chi connectivity index (χ0v) is 13.7. The fraction of sp³-hybridized carbons (Fsp3) is 0.417. The van der Waals surface area contributed by atoms with Gasteiger partial charge in [-0.15, -0.1) is 0 Å². The first kappa shape index (κ1) is 15.5. The van der Waals surface area contributed by atoms with Gasteiger partial charge in [0.05, 0.1) is 6.21 Å². The second kappa shape index (κ2) is 7.13. The normalized spacial score (nSPS) is 14.7. The van der Waals surface area contributed by atoms with Crippen molar-refractivity contribution in [1.82, 2.24) is 4.78 Å². The van der Waals surface area contributed by atoms with Crippen molar-refractivity contribution < 1.29 is 4.74 Å². The summed E-state index contributed by atoms with van der Waals surface area (Å²) in [5.74, 6) is 0.862. The molecular formula is C12H18N2OP2S. The molecule has 1 rings (SSSR count). The molecule has 0 saturated carbocycles. The molecule has 0 aliphatic carbocycles. The maximum Gasteiger partial charge on any atom is 0.120 e. The third kappa shape index (κ3) is 5.39. The largest absolute Gasteiger partial charge is 0.484 e. The van der Waals surface area contributed by atoms with Crippen LogP contribution < -0.4 is 4.74 Å². The maximum absolute atomic E-state index is 5.84. The minimum absolute atomic E-state index is 0.211. The molecule has 3 nitrogen and oxygen atoms in total. The Labute approximate surface area is 118 Å². The lowest BCUT2D eigenvalue weighted by atomic mass is 10.2. The minimum Gasteiger partial charge on any atom is -0.484 e. The second-order valence-electron chi connectivity index (χ2n) is 4.15. The monoisotopic (exact) mass is 300 g/mol. The van der Waals surface area contributed by atoms with Gasteiger partial charge in [-0.05, 0) is 55.0 Å². The van der Waals surface area contributed by atoms with E-state index in [0.29, 0.717) is 7.51 Å². The molecular weight excluding hydrogens is 282 g/mol. The van der Waals surface area contributed by atoms with Crippen LogP contribution in [0.2, 0.25) is 0 Å². The molecule has 0 aliphatic heterocycles. The van der Waals surface area contributed by atoms with E-state index in [2.05, 4.69) is 21.3 Å². The number of hydrogen-bond acceptors (Lipinski definition) is 3. The third-order valence-corrected chi connectivity index (χ3v) is 4.00. The molecule has 0 saturated heterocycles. The Morgan fingerprint density at radius 3 is 2.61 bits per heavy atom. The summed E-state index contributed by atoms with van der Waals surface area (Å²) in [5.41, 5.74) is 1.02. The highest BCUT2D eigenvalue weighted by Crippen LogP contribution is 2.26. The van der Waals surface area contributed by atoms with E-state index in [9.17, 15) is 0 Å². The lowest BCUT2D eigenvalue weighted by Crippen LogP contribution is -2.22. The Hall–Kier alpha value is -0.560. The highest BCUT2D eigenvalue weighted by molar-refractivity contribution is 7.95. The summed E-state index contributed by atoms with van der Waals surface area (Å²) < 4.78 is 7.52. The number of rotatable bonds is 6. The van der Waals surface area contributed by atoms with Crippen molar-refractivity contribution in [2.45, 2.75) is 25.6 Å². The van der Waals surface area contributed by atoms with Gasteiger partial charge in [-0.25, -0.2) is 4.78 Å². The van der Waals surface area contributed by atoms with Crippen molar-refractivity contribution >= 4 is 34.8 Å². The average Bonchev–Trinajstić information content (AvgIpc) is 2.37. The van der Waals surface area contributed by atoms with Gasteiger partial charge in [0.15, 0.2) is 0 Å². The van der Waals surface area contributed by atoms with Crippen LogP contribution in [0.4, 0.5) is 0 Å². The molecule has 0 N–H and O–H groups in total. The number of nitrogens with zero attached hydrogens (tertiary/aromatic N) is 2. The number of hydrazone groups is 1. The summed E-state index contributed by atoms with van der Waals surface area (Å²) >= 11 is 4.85. The van der Waals surface area contributed by atoms with E-state index < -0.39 is 0 Å². The first-order valence-corrected chi connectivity index (χ1v) is 8.09. The van der Waals surface area contributed by atoms with Crippen molar-refractivity contribution in [3.05, 3.63) is 29.8 Å². The van der Waals surface area contributed by atoms with Gasteiger partial charge in [0.2, 0.25) is 0 Å². The molecule has 0 radical (unpaired) electrons. The Morgan fingerprint density at radius 1 is 1.50 bits per heavy atom. The van der Waals surface area contributed by atoms with Crippen LogP contribution in [0.3, 0.4) is 0 Å². The predicted molar refractivity (Wildman–Crippen MR) is 85.1 cm³/mol. The van der Waals surface area contributed by atoms with E-state index in [4.69, 9.17) is 16.5 Å². The summed E-state index contributed by atoms with van der Waals surface area (Å²) in [6.07, 6.45) is 2.71. The number of hydrogen-bond donors (Lipinski definition) is 0. The molecule has 0 bridgehead atoms. The number of ether oxygens (including phenoxy) is 1. The van der Waals surface area contributed by atoms with Gasteiger partial charge in [-0.3, -0.25) is 0 Å². The van der Waals surface area contributed by atoms with Gasteiger partial charge in [-0.2, -0.15) is 5.10 Å². The standard InChI is InChI=1S/C12H18N2OP2S/c1-4-12(2,16)15-11-7-5-10(6-8-11)9-13-14(3)17-18/h5-9H,4,16H2,1-3H3/b13-9+. The third-order valence-electron chi connectivity index (χ3n) is 2.43. The Morgan fingerprint density at radius 2 is 2.11 bits per heavy atom. The summed E-state index contributed by atoms with van der Waals surface area (Å²) in [6.45, 7) is 4.14. The summed E-state index contributed by atoms with van der Waals surface area (Å²) in [6, 6.07) is 7.85. The van der Waals surface area contributed by atoms with Gasteiger partial charge >= 0.3 is 0 Å². The molecule has 0 fully saturated rings. The van der Waals surface area contributed by atoms with Gasteiger partial charge in [-0.1, -0.05) is 16.2 Å². The lowest BCUT2D eigenvalue weighted by Gasteiger charge is -2.24. The quantitative estimate of drug-likeness (QED) is 0.455. The van der Waals surface area contributed by atoms with Crippen molar-refractivity contribution in [2.75, 3.05) is 7.05 Å². The van der Waals surface area contributed by atoms with Gasteiger partial charge in [0, 0.05) is 7.05 Å². The number of benzene rings is 1. The van der Waals surface area contributed by atoms with E-state index in [1.807, 2.05) is 38.2 Å². The van der Waals surface area contributed by atoms with Crippen molar-refractivity contribution in [3.8, 4) is 5.75 Å². The molecule has 2 atom stereocenters. The fourth-order valence-corrected chi connectivity index (χ4v) is 1.49. The minimum atomic E-state index is -0.211. The van der Waals surface area contributed by atoms with Gasteiger partial charge in [0.1, 0.15) is 18.6 Å². The van der Waals surface area contributed by atoms with Gasteiger partial charge in [0.25, 0.3) is 0 Å². The van der Waals surface area contributed by atoms with Crippen LogP contribution in [0.1, 0.15) is 25.8 Å². The second-order valence-corrected chi connectivity index (χ2v) is 6.61. The fourth-order valence-electron chi connectivity index (χ4n) is 1.13. The highest BCUT2D eigenvalue weighted by Gasteiger charge is 2.16. The van der Waals surface area contributed by atoms with E-state index in [-0.39, 0.29) is 5.34 Å². The predicted octanol–water partition coefficient (Wildman–Crippen LogP) is 3.66. The van der Waals surface area contributed by atoms with E-state index in [1.165, 1.54) is 0 Å². The first-order valence-electron chi connectivity index (χ1n) is 5.66.